The van der Waals surface area contributed by atoms with Crippen LogP contribution in [0.2, 0.25) is 0 Å². The predicted octanol–water partition coefficient (Wildman–Crippen LogP) is 5.35. The number of hydrogen-bond acceptors (Lipinski definition) is 6. The minimum atomic E-state index is -0.169. The van der Waals surface area contributed by atoms with E-state index in [9.17, 15) is 0 Å². The normalized spacial score (nSPS) is 18.5. The third-order valence-corrected chi connectivity index (χ3v) is 5.70. The number of anilines is 2. The molecule has 0 radical (unpaired) electrons. The van der Waals surface area contributed by atoms with E-state index < -0.39 is 0 Å². The molecule has 1 unspecified atom stereocenters. The second kappa shape index (κ2) is 8.84. The van der Waals surface area contributed by atoms with E-state index in [2.05, 4.69) is 42.7 Å². The molecule has 6 nitrogen and oxygen atoms in total. The van der Waals surface area contributed by atoms with Gasteiger partial charge in [0.05, 0.1) is 25.6 Å². The van der Waals surface area contributed by atoms with Crippen molar-refractivity contribution in [2.24, 2.45) is 0 Å². The van der Waals surface area contributed by atoms with Crippen LogP contribution in [0.3, 0.4) is 0 Å². The van der Waals surface area contributed by atoms with Crippen molar-refractivity contribution in [1.82, 2.24) is 0 Å². The first kappa shape index (κ1) is 21.0. The molecule has 0 fully saturated rings. The molecule has 0 amide bonds. The lowest BCUT2D eigenvalue weighted by molar-refractivity contribution is 0.273. The van der Waals surface area contributed by atoms with E-state index >= 15 is 0 Å². The van der Waals surface area contributed by atoms with Gasteiger partial charge in [-0.25, -0.2) is 0 Å². The third-order valence-electron chi connectivity index (χ3n) is 5.70. The summed E-state index contributed by atoms with van der Waals surface area (Å²) in [6.45, 7) is 8.02. The Morgan fingerprint density at radius 3 is 2.23 bits per heavy atom. The van der Waals surface area contributed by atoms with Crippen molar-refractivity contribution in [3.8, 4) is 23.0 Å². The van der Waals surface area contributed by atoms with Gasteiger partial charge < -0.3 is 28.7 Å². The van der Waals surface area contributed by atoms with Crippen LogP contribution in [0.15, 0.2) is 60.0 Å². The number of ether oxygens (including phenoxy) is 4. The van der Waals surface area contributed by atoms with Crippen LogP contribution >= 0.6 is 0 Å². The zero-order valence-corrected chi connectivity index (χ0v) is 18.8. The molecule has 0 saturated heterocycles. The maximum absolute atomic E-state index is 6.25. The van der Waals surface area contributed by atoms with Gasteiger partial charge in [-0.15, -0.1) is 0 Å². The lowest BCUT2D eigenvalue weighted by Gasteiger charge is -2.22. The maximum Gasteiger partial charge on any atom is 0.200 e. The number of allylic oxidation sites excluding steroid dienone is 2. The van der Waals surface area contributed by atoms with Crippen LogP contribution in [0, 0.1) is 0 Å². The summed E-state index contributed by atoms with van der Waals surface area (Å²) in [5.74, 6) is 4.18. The largest absolute Gasteiger partial charge is 0.497 e. The Kier molecular flexibility index (Phi) is 5.98. The summed E-state index contributed by atoms with van der Waals surface area (Å²) >= 11 is 0. The monoisotopic (exact) mass is 422 g/mol. The molecule has 0 aliphatic carbocycles. The fourth-order valence-corrected chi connectivity index (χ4v) is 4.00. The van der Waals surface area contributed by atoms with E-state index in [1.54, 1.807) is 14.2 Å². The average Bonchev–Trinajstić information content (AvgIpc) is 3.33. The summed E-state index contributed by atoms with van der Waals surface area (Å²) < 4.78 is 23.2. The molecular weight excluding hydrogens is 392 g/mol. The van der Waals surface area contributed by atoms with E-state index in [-0.39, 0.29) is 6.23 Å². The van der Waals surface area contributed by atoms with Gasteiger partial charge in [-0.3, -0.25) is 0 Å². The van der Waals surface area contributed by atoms with Crippen molar-refractivity contribution in [2.75, 3.05) is 37.1 Å². The lowest BCUT2D eigenvalue weighted by atomic mass is 10.1. The molecule has 0 saturated carbocycles. The number of likely N-dealkylation sites (N-methyl/N-ethyl adjacent to an activating group) is 1. The Morgan fingerprint density at radius 2 is 1.61 bits per heavy atom. The Hall–Kier alpha value is -3.28. The smallest absolute Gasteiger partial charge is 0.200 e. The molecule has 2 aromatic carbocycles. The van der Waals surface area contributed by atoms with Crippen molar-refractivity contribution in [2.45, 2.75) is 33.4 Å². The minimum Gasteiger partial charge on any atom is -0.497 e. The first-order valence-corrected chi connectivity index (χ1v) is 10.8. The number of hydrogen-bond donors (Lipinski definition) is 0. The maximum atomic E-state index is 6.25. The van der Waals surface area contributed by atoms with Gasteiger partial charge in [0.25, 0.3) is 0 Å². The summed E-state index contributed by atoms with van der Waals surface area (Å²) in [5, 5.41) is 0. The molecule has 1 atom stereocenters. The van der Waals surface area contributed by atoms with E-state index in [0.29, 0.717) is 0 Å². The predicted molar refractivity (Wildman–Crippen MR) is 124 cm³/mol. The van der Waals surface area contributed by atoms with E-state index in [0.717, 1.165) is 65.3 Å². The highest BCUT2D eigenvalue weighted by Gasteiger charge is 2.30. The van der Waals surface area contributed by atoms with Gasteiger partial charge in [0, 0.05) is 31.3 Å². The fourth-order valence-electron chi connectivity index (χ4n) is 4.00. The molecule has 0 N–H and O–H groups in total. The molecule has 31 heavy (non-hydrogen) atoms. The molecule has 2 aliphatic heterocycles. The standard InChI is InChI=1S/C25H30N2O4/c1-6-17(13-24-26(7-2)20-15-18(28-4)9-11-22(20)30-24)14-25-27(8-3)21-16-19(29-5)10-12-23(21)31-25/h9-16,24H,6-8H2,1-5H3/b17-13+,25-14-. The number of fused-ring (bicyclic) bond motifs is 2. The lowest BCUT2D eigenvalue weighted by Crippen LogP contribution is -2.33. The van der Waals surface area contributed by atoms with Gasteiger partial charge in [0.2, 0.25) is 5.88 Å². The summed E-state index contributed by atoms with van der Waals surface area (Å²) in [5.41, 5.74) is 3.23. The van der Waals surface area contributed by atoms with E-state index in [4.69, 9.17) is 18.9 Å². The first-order valence-electron chi connectivity index (χ1n) is 10.8. The van der Waals surface area contributed by atoms with Gasteiger partial charge in [0.1, 0.15) is 17.2 Å². The Bertz CT molecular complexity index is 1010. The topological polar surface area (TPSA) is 43.4 Å². The Morgan fingerprint density at radius 1 is 0.935 bits per heavy atom. The average molecular weight is 423 g/mol. The highest BCUT2D eigenvalue weighted by molar-refractivity contribution is 5.69. The van der Waals surface area contributed by atoms with Crippen LogP contribution in [-0.4, -0.2) is 33.5 Å². The molecule has 2 aliphatic rings. The molecule has 4 rings (SSSR count). The second-order valence-electron chi connectivity index (χ2n) is 7.39. The molecule has 0 spiro atoms. The number of benzene rings is 2. The van der Waals surface area contributed by atoms with Gasteiger partial charge in [-0.2, -0.15) is 0 Å². The Labute approximate surface area is 184 Å². The SMILES string of the molecule is CCC(/C=C1\Oc2ccc(OC)cc2N1CC)=C\C1Oc2ccc(OC)cc2N1CC. The van der Waals surface area contributed by atoms with Crippen molar-refractivity contribution >= 4 is 11.4 Å². The molecule has 2 aromatic rings. The van der Waals surface area contributed by atoms with Crippen molar-refractivity contribution in [3.05, 3.63) is 60.0 Å². The van der Waals surface area contributed by atoms with Crippen LogP contribution in [0.5, 0.6) is 23.0 Å². The number of methoxy groups -OCH3 is 2. The number of nitrogens with zero attached hydrogens (tertiary/aromatic N) is 2. The van der Waals surface area contributed by atoms with E-state index in [1.165, 1.54) is 0 Å². The summed E-state index contributed by atoms with van der Waals surface area (Å²) in [6.07, 6.45) is 4.97. The fraction of sp³-hybridized carbons (Fsp3) is 0.360. The van der Waals surface area contributed by atoms with Crippen LogP contribution in [0.1, 0.15) is 27.2 Å². The highest BCUT2D eigenvalue weighted by Crippen LogP contribution is 2.42. The second-order valence-corrected chi connectivity index (χ2v) is 7.39. The summed E-state index contributed by atoms with van der Waals surface area (Å²) in [6, 6.07) is 11.8. The van der Waals surface area contributed by atoms with Crippen molar-refractivity contribution in [3.63, 3.8) is 0 Å². The van der Waals surface area contributed by atoms with Gasteiger partial charge in [0.15, 0.2) is 12.0 Å². The molecule has 0 aromatic heterocycles. The minimum absolute atomic E-state index is 0.169. The zero-order valence-electron chi connectivity index (χ0n) is 18.8. The summed E-state index contributed by atoms with van der Waals surface area (Å²) in [4.78, 5) is 4.40. The quantitative estimate of drug-likeness (QED) is 0.600. The molecular formula is C25H30N2O4. The highest BCUT2D eigenvalue weighted by atomic mass is 16.5. The van der Waals surface area contributed by atoms with Crippen molar-refractivity contribution in [1.29, 1.82) is 0 Å². The number of rotatable bonds is 7. The van der Waals surface area contributed by atoms with Crippen LogP contribution < -0.4 is 28.7 Å². The molecule has 0 bridgehead atoms. The van der Waals surface area contributed by atoms with Gasteiger partial charge >= 0.3 is 0 Å². The van der Waals surface area contributed by atoms with Crippen LogP contribution in [0.25, 0.3) is 0 Å². The van der Waals surface area contributed by atoms with Crippen LogP contribution in [-0.2, 0) is 0 Å². The Balaban J connectivity index is 1.62. The first-order chi connectivity index (χ1) is 15.1. The van der Waals surface area contributed by atoms with Crippen molar-refractivity contribution < 1.29 is 18.9 Å². The zero-order chi connectivity index (χ0) is 22.0. The molecule has 2 heterocycles. The van der Waals surface area contributed by atoms with Gasteiger partial charge in [-0.1, -0.05) is 6.92 Å². The van der Waals surface area contributed by atoms with Gasteiger partial charge in [-0.05, 0) is 56.2 Å². The molecule has 6 heteroatoms. The third kappa shape index (κ3) is 3.90. The van der Waals surface area contributed by atoms with E-state index in [1.807, 2.05) is 36.4 Å². The van der Waals surface area contributed by atoms with Crippen LogP contribution in [0.4, 0.5) is 11.4 Å². The molecule has 164 valence electrons. The summed E-state index contributed by atoms with van der Waals surface area (Å²) in [7, 11) is 3.36.